The third-order valence-corrected chi connectivity index (χ3v) is 4.18. The highest BCUT2D eigenvalue weighted by Crippen LogP contribution is 2.22. The van der Waals surface area contributed by atoms with E-state index in [1.165, 1.54) is 24.9 Å². The Bertz CT molecular complexity index is 967. The van der Waals surface area contributed by atoms with Crippen LogP contribution < -0.4 is 11.3 Å². The Labute approximate surface area is 146 Å². The van der Waals surface area contributed by atoms with Crippen LogP contribution >= 0.6 is 11.8 Å². The normalized spacial score (nSPS) is 10.6. The van der Waals surface area contributed by atoms with Gasteiger partial charge in [0.1, 0.15) is 5.76 Å². The lowest BCUT2D eigenvalue weighted by molar-refractivity contribution is 0.0563. The number of carbonyl (C=O) groups is 1. The van der Waals surface area contributed by atoms with Gasteiger partial charge in [-0.2, -0.15) is 0 Å². The highest BCUT2D eigenvalue weighted by Gasteiger charge is 2.13. The Kier molecular flexibility index (Phi) is 4.85. The predicted octanol–water partition coefficient (Wildman–Crippen LogP) is 2.09. The lowest BCUT2D eigenvalue weighted by Crippen LogP contribution is -2.14. The molecule has 0 aliphatic carbocycles. The summed E-state index contributed by atoms with van der Waals surface area (Å²) in [6, 6.07) is 10.1. The first-order valence-corrected chi connectivity index (χ1v) is 8.18. The molecule has 25 heavy (non-hydrogen) atoms. The number of rotatable bonds is 5. The second-order valence-corrected chi connectivity index (χ2v) is 5.91. The molecule has 3 N–H and O–H groups in total. The molecular formula is C16H14N4O4S. The van der Waals surface area contributed by atoms with Crippen molar-refractivity contribution < 1.29 is 13.9 Å². The number of ether oxygens (including phenoxy) is 1. The van der Waals surface area contributed by atoms with Crippen LogP contribution in [-0.4, -0.2) is 28.3 Å². The van der Waals surface area contributed by atoms with Crippen molar-refractivity contribution in [3.05, 3.63) is 58.3 Å². The van der Waals surface area contributed by atoms with Crippen molar-refractivity contribution in [3.63, 3.8) is 0 Å². The summed E-state index contributed by atoms with van der Waals surface area (Å²) in [4.78, 5) is 26.2. The summed E-state index contributed by atoms with van der Waals surface area (Å²) in [6.07, 6.45) is 0. The van der Waals surface area contributed by atoms with Gasteiger partial charge in [-0.1, -0.05) is 30.0 Å². The molecule has 0 unspecified atom stereocenters. The number of methoxy groups -OCH3 is 1. The maximum absolute atomic E-state index is 12.2. The van der Waals surface area contributed by atoms with Gasteiger partial charge >= 0.3 is 5.97 Å². The maximum Gasteiger partial charge on any atom is 0.373 e. The summed E-state index contributed by atoms with van der Waals surface area (Å²) in [7, 11) is 1.28. The first-order chi connectivity index (χ1) is 12.1. The summed E-state index contributed by atoms with van der Waals surface area (Å²) in [6.45, 7) is 0. The number of nitrogens with zero attached hydrogens (tertiary/aromatic N) is 2. The largest absolute Gasteiger partial charge is 0.463 e. The van der Waals surface area contributed by atoms with Gasteiger partial charge in [-0.15, -0.1) is 10.2 Å². The Hall–Kier alpha value is -3.07. The number of anilines is 1. The molecule has 8 nitrogen and oxygen atoms in total. The third-order valence-electron chi connectivity index (χ3n) is 3.29. The summed E-state index contributed by atoms with van der Waals surface area (Å²) in [5.41, 5.74) is 6.61. The van der Waals surface area contributed by atoms with Crippen molar-refractivity contribution in [2.75, 3.05) is 12.8 Å². The van der Waals surface area contributed by atoms with Crippen LogP contribution in [0.2, 0.25) is 0 Å². The molecule has 0 radical (unpaired) electrons. The minimum Gasteiger partial charge on any atom is -0.463 e. The molecule has 0 saturated heterocycles. The number of carbonyl (C=O) groups excluding carboxylic acids is 1. The Balaban J connectivity index is 1.73. The molecule has 0 aliphatic rings. The van der Waals surface area contributed by atoms with Crippen LogP contribution in [0.1, 0.15) is 16.3 Å². The predicted molar refractivity (Wildman–Crippen MR) is 92.1 cm³/mol. The molecule has 2 heterocycles. The highest BCUT2D eigenvalue weighted by molar-refractivity contribution is 7.98. The number of nitrogens with one attached hydrogen (secondary N) is 1. The molecule has 0 fully saturated rings. The standard InChI is InChI=1S/C16H14N4O4S/c1-23-15(22)12-7-6-9(24-12)8-25-16-18-14(21)13(19-20-16)10-4-2-3-5-11(10)17/h2-7H,8,17H2,1H3,(H,18,20,21). The Morgan fingerprint density at radius 2 is 2.08 bits per heavy atom. The van der Waals surface area contributed by atoms with Crippen LogP contribution in [0, 0.1) is 0 Å². The van der Waals surface area contributed by atoms with Gasteiger partial charge in [0, 0.05) is 11.3 Å². The number of H-pyrrole nitrogens is 1. The number of aromatic amines is 1. The fourth-order valence-electron chi connectivity index (χ4n) is 2.08. The maximum atomic E-state index is 12.2. The van der Waals surface area contributed by atoms with Crippen LogP contribution in [-0.2, 0) is 10.5 Å². The summed E-state index contributed by atoms with van der Waals surface area (Å²) in [5, 5.41) is 8.30. The topological polar surface area (TPSA) is 124 Å². The number of hydrogen-bond donors (Lipinski definition) is 2. The molecule has 128 valence electrons. The average Bonchev–Trinajstić information content (AvgIpc) is 3.09. The van der Waals surface area contributed by atoms with E-state index in [0.29, 0.717) is 27.9 Å². The SMILES string of the molecule is COC(=O)c1ccc(CSc2nnc(-c3ccccc3N)c(=O)[nH]2)o1. The van der Waals surface area contributed by atoms with E-state index in [9.17, 15) is 9.59 Å². The number of nitrogens with two attached hydrogens (primary N) is 1. The van der Waals surface area contributed by atoms with Gasteiger partial charge in [-0.05, 0) is 18.2 Å². The molecule has 0 amide bonds. The van der Waals surface area contributed by atoms with E-state index < -0.39 is 5.97 Å². The van der Waals surface area contributed by atoms with E-state index in [1.54, 1.807) is 30.3 Å². The van der Waals surface area contributed by atoms with E-state index in [1.807, 2.05) is 0 Å². The minimum atomic E-state index is -0.547. The molecule has 3 rings (SSSR count). The van der Waals surface area contributed by atoms with Gasteiger partial charge < -0.3 is 14.9 Å². The van der Waals surface area contributed by atoms with Crippen LogP contribution in [0.15, 0.2) is 50.8 Å². The minimum absolute atomic E-state index is 0.118. The Morgan fingerprint density at radius 1 is 1.28 bits per heavy atom. The quantitative estimate of drug-likeness (QED) is 0.403. The fourth-order valence-corrected chi connectivity index (χ4v) is 2.78. The molecule has 1 aromatic carbocycles. The number of hydrogen-bond acceptors (Lipinski definition) is 8. The smallest absolute Gasteiger partial charge is 0.373 e. The van der Waals surface area contributed by atoms with E-state index in [0.717, 1.165) is 0 Å². The second-order valence-electron chi connectivity index (χ2n) is 4.94. The lowest BCUT2D eigenvalue weighted by Gasteiger charge is -2.04. The van der Waals surface area contributed by atoms with Gasteiger partial charge in [0.2, 0.25) is 5.76 Å². The van der Waals surface area contributed by atoms with Crippen molar-refractivity contribution in [2.24, 2.45) is 0 Å². The van der Waals surface area contributed by atoms with Crippen LogP contribution in [0.3, 0.4) is 0 Å². The zero-order chi connectivity index (χ0) is 17.8. The number of para-hydroxylation sites is 1. The van der Waals surface area contributed by atoms with Crippen LogP contribution in [0.5, 0.6) is 0 Å². The Morgan fingerprint density at radius 3 is 2.80 bits per heavy atom. The van der Waals surface area contributed by atoms with E-state index >= 15 is 0 Å². The van der Waals surface area contributed by atoms with Gasteiger partial charge in [0.25, 0.3) is 5.56 Å². The number of thioether (sulfide) groups is 1. The average molecular weight is 358 g/mol. The molecule has 9 heteroatoms. The monoisotopic (exact) mass is 358 g/mol. The molecule has 3 aromatic rings. The van der Waals surface area contributed by atoms with E-state index in [4.69, 9.17) is 10.2 Å². The van der Waals surface area contributed by atoms with Crippen LogP contribution in [0.4, 0.5) is 5.69 Å². The van der Waals surface area contributed by atoms with Gasteiger partial charge in [-0.25, -0.2) is 4.79 Å². The molecule has 0 bridgehead atoms. The van der Waals surface area contributed by atoms with Crippen molar-refractivity contribution >= 4 is 23.4 Å². The van der Waals surface area contributed by atoms with Crippen molar-refractivity contribution in [1.82, 2.24) is 15.2 Å². The molecule has 0 aliphatic heterocycles. The van der Waals surface area contributed by atoms with Crippen LogP contribution in [0.25, 0.3) is 11.3 Å². The first kappa shape index (κ1) is 16.8. The van der Waals surface area contributed by atoms with Crippen molar-refractivity contribution in [1.29, 1.82) is 0 Å². The summed E-state index contributed by atoms with van der Waals surface area (Å²) >= 11 is 1.22. The number of nitrogen functional groups attached to an aromatic ring is 1. The third kappa shape index (κ3) is 3.72. The number of furan rings is 1. The lowest BCUT2D eigenvalue weighted by atomic mass is 10.1. The zero-order valence-corrected chi connectivity index (χ0v) is 14.0. The molecule has 0 spiro atoms. The van der Waals surface area contributed by atoms with Gasteiger partial charge in [0.15, 0.2) is 10.9 Å². The molecule has 0 saturated carbocycles. The first-order valence-electron chi connectivity index (χ1n) is 7.20. The highest BCUT2D eigenvalue weighted by atomic mass is 32.2. The zero-order valence-electron chi connectivity index (χ0n) is 13.2. The number of esters is 1. The van der Waals surface area contributed by atoms with Gasteiger partial charge in [-0.3, -0.25) is 9.78 Å². The van der Waals surface area contributed by atoms with E-state index in [-0.39, 0.29) is 17.0 Å². The number of benzene rings is 1. The molecule has 0 atom stereocenters. The second kappa shape index (κ2) is 7.22. The van der Waals surface area contributed by atoms with E-state index in [2.05, 4.69) is 19.9 Å². The molecular weight excluding hydrogens is 344 g/mol. The molecule has 2 aromatic heterocycles. The number of aromatic nitrogens is 3. The summed E-state index contributed by atoms with van der Waals surface area (Å²) in [5.74, 6) is 0.486. The fraction of sp³-hybridized carbons (Fsp3) is 0.125. The van der Waals surface area contributed by atoms with Crippen molar-refractivity contribution in [3.8, 4) is 11.3 Å². The van der Waals surface area contributed by atoms with Crippen molar-refractivity contribution in [2.45, 2.75) is 10.9 Å². The summed E-state index contributed by atoms with van der Waals surface area (Å²) < 4.78 is 9.92. The van der Waals surface area contributed by atoms with Gasteiger partial charge in [0.05, 0.1) is 12.9 Å².